The molecule has 1 atom stereocenters. The van der Waals surface area contributed by atoms with Crippen LogP contribution in [0.25, 0.3) is 0 Å². The number of nitriles is 1. The summed E-state index contributed by atoms with van der Waals surface area (Å²) in [6, 6.07) is 1.98. The summed E-state index contributed by atoms with van der Waals surface area (Å²) in [6.07, 6.45) is 3.61. The van der Waals surface area contributed by atoms with Gasteiger partial charge in [0.15, 0.2) is 0 Å². The van der Waals surface area contributed by atoms with Gasteiger partial charge in [-0.1, -0.05) is 19.8 Å². The molecule has 5 heteroatoms. The SMILES string of the molecule is CCCCC(C)S(=O)(=O)NCCCC#N. The zero-order valence-corrected chi connectivity index (χ0v) is 10.3. The second-order valence-electron chi connectivity index (χ2n) is 3.65. The first-order valence-corrected chi connectivity index (χ1v) is 6.94. The standard InChI is InChI=1S/C10H20N2O2S/c1-3-4-7-10(2)15(13,14)12-9-6-5-8-11/h10,12H,3-7,9H2,1-2H3. The Bertz CT molecular complexity index is 293. The molecule has 0 aliphatic rings. The van der Waals surface area contributed by atoms with E-state index in [4.69, 9.17) is 5.26 Å². The van der Waals surface area contributed by atoms with E-state index in [-0.39, 0.29) is 5.25 Å². The topological polar surface area (TPSA) is 70.0 Å². The molecular formula is C10H20N2O2S. The van der Waals surface area contributed by atoms with E-state index in [2.05, 4.69) is 4.72 Å². The highest BCUT2D eigenvalue weighted by atomic mass is 32.2. The van der Waals surface area contributed by atoms with Gasteiger partial charge in [-0.2, -0.15) is 5.26 Å². The number of hydrogen-bond acceptors (Lipinski definition) is 3. The quantitative estimate of drug-likeness (QED) is 0.649. The van der Waals surface area contributed by atoms with E-state index in [1.54, 1.807) is 6.92 Å². The summed E-state index contributed by atoms with van der Waals surface area (Å²) < 4.78 is 25.7. The van der Waals surface area contributed by atoms with Crippen molar-refractivity contribution < 1.29 is 8.42 Å². The molecule has 0 radical (unpaired) electrons. The van der Waals surface area contributed by atoms with Crippen LogP contribution in [0.4, 0.5) is 0 Å². The molecule has 1 N–H and O–H groups in total. The molecule has 88 valence electrons. The fraction of sp³-hybridized carbons (Fsp3) is 0.900. The molecule has 0 aromatic carbocycles. The number of nitrogens with zero attached hydrogens (tertiary/aromatic N) is 1. The van der Waals surface area contributed by atoms with Crippen LogP contribution in [0.5, 0.6) is 0 Å². The minimum Gasteiger partial charge on any atom is -0.215 e. The predicted molar refractivity (Wildman–Crippen MR) is 60.8 cm³/mol. The average Bonchev–Trinajstić information content (AvgIpc) is 2.21. The van der Waals surface area contributed by atoms with Gasteiger partial charge in [-0.3, -0.25) is 0 Å². The van der Waals surface area contributed by atoms with E-state index < -0.39 is 10.0 Å². The van der Waals surface area contributed by atoms with Gasteiger partial charge in [0.1, 0.15) is 0 Å². The first kappa shape index (κ1) is 14.4. The molecule has 4 nitrogen and oxygen atoms in total. The minimum absolute atomic E-state index is 0.334. The van der Waals surface area contributed by atoms with Crippen LogP contribution in [0.15, 0.2) is 0 Å². The maximum absolute atomic E-state index is 11.6. The highest BCUT2D eigenvalue weighted by Gasteiger charge is 2.18. The van der Waals surface area contributed by atoms with Crippen LogP contribution in [0, 0.1) is 11.3 Å². The zero-order valence-electron chi connectivity index (χ0n) is 9.49. The lowest BCUT2D eigenvalue weighted by Crippen LogP contribution is -2.33. The van der Waals surface area contributed by atoms with Gasteiger partial charge in [0.05, 0.1) is 11.3 Å². The normalized spacial score (nSPS) is 13.4. The van der Waals surface area contributed by atoms with E-state index in [1.165, 1.54) is 0 Å². The summed E-state index contributed by atoms with van der Waals surface area (Å²) in [4.78, 5) is 0. The van der Waals surface area contributed by atoms with Gasteiger partial charge >= 0.3 is 0 Å². The molecule has 0 aliphatic heterocycles. The van der Waals surface area contributed by atoms with Crippen LogP contribution >= 0.6 is 0 Å². The largest absolute Gasteiger partial charge is 0.215 e. The van der Waals surface area contributed by atoms with Crippen molar-refractivity contribution in [2.45, 2.75) is 51.2 Å². The fourth-order valence-corrected chi connectivity index (χ4v) is 2.36. The van der Waals surface area contributed by atoms with Crippen molar-refractivity contribution in [1.82, 2.24) is 4.72 Å². The zero-order chi connectivity index (χ0) is 11.7. The monoisotopic (exact) mass is 232 g/mol. The summed E-state index contributed by atoms with van der Waals surface area (Å²) in [5.41, 5.74) is 0. The Morgan fingerprint density at radius 1 is 1.40 bits per heavy atom. The molecule has 15 heavy (non-hydrogen) atoms. The Labute approximate surface area is 92.7 Å². The highest BCUT2D eigenvalue weighted by Crippen LogP contribution is 2.08. The highest BCUT2D eigenvalue weighted by molar-refractivity contribution is 7.90. The van der Waals surface area contributed by atoms with Crippen molar-refractivity contribution in [3.05, 3.63) is 0 Å². The second kappa shape index (κ2) is 7.66. The van der Waals surface area contributed by atoms with Crippen molar-refractivity contribution >= 4 is 10.0 Å². The molecule has 1 unspecified atom stereocenters. The number of nitrogens with one attached hydrogen (secondary N) is 1. The van der Waals surface area contributed by atoms with Gasteiger partial charge in [-0.15, -0.1) is 0 Å². The van der Waals surface area contributed by atoms with E-state index in [1.807, 2.05) is 13.0 Å². The molecule has 0 bridgehead atoms. The van der Waals surface area contributed by atoms with Gasteiger partial charge in [0.2, 0.25) is 10.0 Å². The smallest absolute Gasteiger partial charge is 0.214 e. The van der Waals surface area contributed by atoms with Gasteiger partial charge in [0, 0.05) is 13.0 Å². The van der Waals surface area contributed by atoms with Gasteiger partial charge in [-0.25, -0.2) is 13.1 Å². The summed E-state index contributed by atoms with van der Waals surface area (Å²) in [5, 5.41) is 7.96. The Kier molecular flexibility index (Phi) is 7.35. The molecule has 0 fully saturated rings. The minimum atomic E-state index is -3.17. The first-order valence-electron chi connectivity index (χ1n) is 5.40. The molecule has 0 spiro atoms. The van der Waals surface area contributed by atoms with Crippen molar-refractivity contribution in [1.29, 1.82) is 5.26 Å². The molecule has 0 aromatic heterocycles. The van der Waals surface area contributed by atoms with Gasteiger partial charge in [-0.05, 0) is 19.8 Å². The van der Waals surface area contributed by atoms with Crippen molar-refractivity contribution in [2.75, 3.05) is 6.54 Å². The third-order valence-electron chi connectivity index (χ3n) is 2.26. The molecule has 0 amide bonds. The Balaban J connectivity index is 3.90. The molecule has 0 heterocycles. The van der Waals surface area contributed by atoms with E-state index in [9.17, 15) is 8.42 Å². The molecule has 0 aromatic rings. The molecule has 0 saturated heterocycles. The lowest BCUT2D eigenvalue weighted by Gasteiger charge is -2.12. The molecule has 0 saturated carbocycles. The summed E-state index contributed by atoms with van der Waals surface area (Å²) in [6.45, 7) is 4.13. The van der Waals surface area contributed by atoms with E-state index in [0.29, 0.717) is 25.8 Å². The first-order chi connectivity index (χ1) is 7.04. The second-order valence-corrected chi connectivity index (χ2v) is 5.84. The number of unbranched alkanes of at least 4 members (excludes halogenated alkanes) is 2. The van der Waals surface area contributed by atoms with Crippen LogP contribution in [-0.4, -0.2) is 20.2 Å². The fourth-order valence-electron chi connectivity index (χ4n) is 1.17. The Morgan fingerprint density at radius 3 is 2.60 bits per heavy atom. The number of hydrogen-bond donors (Lipinski definition) is 1. The van der Waals surface area contributed by atoms with Crippen LogP contribution in [-0.2, 0) is 10.0 Å². The molecular weight excluding hydrogens is 212 g/mol. The van der Waals surface area contributed by atoms with Gasteiger partial charge < -0.3 is 0 Å². The molecule has 0 rings (SSSR count). The third kappa shape index (κ3) is 6.47. The van der Waals surface area contributed by atoms with E-state index in [0.717, 1.165) is 12.8 Å². The lowest BCUT2D eigenvalue weighted by molar-refractivity contribution is 0.555. The van der Waals surface area contributed by atoms with Crippen LogP contribution in [0.3, 0.4) is 0 Å². The summed E-state index contributed by atoms with van der Waals surface area (Å²) in [7, 11) is -3.17. The lowest BCUT2D eigenvalue weighted by atomic mass is 10.2. The average molecular weight is 232 g/mol. The summed E-state index contributed by atoms with van der Waals surface area (Å²) in [5.74, 6) is 0. The van der Waals surface area contributed by atoms with E-state index >= 15 is 0 Å². The molecule has 0 aliphatic carbocycles. The number of rotatable bonds is 8. The third-order valence-corrected chi connectivity index (χ3v) is 4.16. The Morgan fingerprint density at radius 2 is 2.07 bits per heavy atom. The maximum atomic E-state index is 11.6. The van der Waals surface area contributed by atoms with Crippen LogP contribution < -0.4 is 4.72 Å². The van der Waals surface area contributed by atoms with Crippen molar-refractivity contribution in [3.63, 3.8) is 0 Å². The number of sulfonamides is 1. The van der Waals surface area contributed by atoms with Crippen LogP contribution in [0.2, 0.25) is 0 Å². The Hall–Kier alpha value is -0.600. The van der Waals surface area contributed by atoms with Crippen molar-refractivity contribution in [2.24, 2.45) is 0 Å². The van der Waals surface area contributed by atoms with Crippen LogP contribution in [0.1, 0.15) is 46.0 Å². The van der Waals surface area contributed by atoms with Gasteiger partial charge in [0.25, 0.3) is 0 Å². The maximum Gasteiger partial charge on any atom is 0.214 e. The van der Waals surface area contributed by atoms with Crippen molar-refractivity contribution in [3.8, 4) is 6.07 Å². The predicted octanol–water partition coefficient (Wildman–Crippen LogP) is 1.79. The summed E-state index contributed by atoms with van der Waals surface area (Å²) >= 11 is 0.